The number of nitrogens with one attached hydrogen (secondary N) is 1. The molecule has 2 rings (SSSR count). The van der Waals surface area contributed by atoms with Gasteiger partial charge >= 0.3 is 12.0 Å². The minimum Gasteiger partial charge on any atom is -0.480 e. The SMILES string of the molecule is Cc1cc(CNC(=O)N2CCSCC2C(=O)O)no1. The lowest BCUT2D eigenvalue weighted by atomic mass is 10.3. The van der Waals surface area contributed by atoms with Gasteiger partial charge in [0.1, 0.15) is 17.5 Å². The molecule has 104 valence electrons. The highest BCUT2D eigenvalue weighted by molar-refractivity contribution is 7.99. The lowest BCUT2D eigenvalue weighted by Crippen LogP contribution is -2.53. The van der Waals surface area contributed by atoms with Gasteiger partial charge in [0.2, 0.25) is 0 Å². The number of hydrogen-bond donors (Lipinski definition) is 2. The zero-order valence-corrected chi connectivity index (χ0v) is 11.3. The van der Waals surface area contributed by atoms with Gasteiger partial charge in [-0.05, 0) is 6.92 Å². The summed E-state index contributed by atoms with van der Waals surface area (Å²) >= 11 is 1.54. The molecular formula is C11H15N3O4S. The predicted octanol–water partition coefficient (Wildman–Crippen LogP) is 0.695. The molecule has 1 aromatic rings. The molecule has 1 unspecified atom stereocenters. The molecule has 1 atom stereocenters. The maximum absolute atomic E-state index is 12.0. The van der Waals surface area contributed by atoms with Crippen molar-refractivity contribution in [3.8, 4) is 0 Å². The molecule has 8 heteroatoms. The minimum atomic E-state index is -0.973. The fraction of sp³-hybridized carbons (Fsp3) is 0.545. The number of amides is 2. The van der Waals surface area contributed by atoms with Gasteiger partial charge in [0.15, 0.2) is 0 Å². The number of aryl methyl sites for hydroxylation is 1. The van der Waals surface area contributed by atoms with Crippen molar-refractivity contribution >= 4 is 23.8 Å². The number of thioether (sulfide) groups is 1. The van der Waals surface area contributed by atoms with E-state index < -0.39 is 12.0 Å². The van der Waals surface area contributed by atoms with Crippen LogP contribution in [0.1, 0.15) is 11.5 Å². The van der Waals surface area contributed by atoms with Crippen molar-refractivity contribution in [1.29, 1.82) is 0 Å². The molecule has 0 aliphatic carbocycles. The Kier molecular flexibility index (Phi) is 4.31. The Labute approximate surface area is 114 Å². The first-order valence-corrected chi connectivity index (χ1v) is 7.00. The average molecular weight is 285 g/mol. The summed E-state index contributed by atoms with van der Waals surface area (Å²) in [6, 6.07) is 0.576. The second-order valence-electron chi connectivity index (χ2n) is 4.21. The molecule has 0 saturated carbocycles. The Morgan fingerprint density at radius 3 is 3.11 bits per heavy atom. The van der Waals surface area contributed by atoms with Gasteiger partial charge in [0.05, 0.1) is 6.54 Å². The molecule has 0 aromatic carbocycles. The van der Waals surface area contributed by atoms with E-state index in [1.54, 1.807) is 24.8 Å². The third-order valence-electron chi connectivity index (χ3n) is 2.77. The van der Waals surface area contributed by atoms with Gasteiger partial charge < -0.3 is 19.8 Å². The number of hydrogen-bond acceptors (Lipinski definition) is 5. The van der Waals surface area contributed by atoms with Crippen LogP contribution in [-0.2, 0) is 11.3 Å². The Balaban J connectivity index is 1.92. The molecule has 0 radical (unpaired) electrons. The van der Waals surface area contributed by atoms with Crippen LogP contribution in [0, 0.1) is 6.92 Å². The van der Waals surface area contributed by atoms with Crippen LogP contribution in [0.4, 0.5) is 4.79 Å². The van der Waals surface area contributed by atoms with E-state index in [2.05, 4.69) is 10.5 Å². The summed E-state index contributed by atoms with van der Waals surface area (Å²) in [5, 5.41) is 15.5. The van der Waals surface area contributed by atoms with Crippen molar-refractivity contribution in [2.45, 2.75) is 19.5 Å². The molecule has 2 amide bonds. The first-order valence-electron chi connectivity index (χ1n) is 5.85. The first kappa shape index (κ1) is 13.7. The number of carboxylic acid groups (broad SMARTS) is 1. The summed E-state index contributed by atoms with van der Waals surface area (Å²) in [6.07, 6.45) is 0. The number of nitrogens with zero attached hydrogens (tertiary/aromatic N) is 2. The van der Waals surface area contributed by atoms with Crippen LogP contribution in [0.2, 0.25) is 0 Å². The van der Waals surface area contributed by atoms with Gasteiger partial charge in [0, 0.05) is 24.1 Å². The topological polar surface area (TPSA) is 95.7 Å². The number of aliphatic carboxylic acids is 1. The van der Waals surface area contributed by atoms with Crippen LogP contribution in [0.25, 0.3) is 0 Å². The quantitative estimate of drug-likeness (QED) is 0.848. The van der Waals surface area contributed by atoms with Gasteiger partial charge in [0.25, 0.3) is 0 Å². The van der Waals surface area contributed by atoms with E-state index >= 15 is 0 Å². The lowest BCUT2D eigenvalue weighted by Gasteiger charge is -2.32. The molecule has 1 saturated heterocycles. The third-order valence-corrected chi connectivity index (χ3v) is 3.79. The maximum atomic E-state index is 12.0. The highest BCUT2D eigenvalue weighted by atomic mass is 32.2. The van der Waals surface area contributed by atoms with Gasteiger partial charge in [-0.15, -0.1) is 0 Å². The predicted molar refractivity (Wildman–Crippen MR) is 68.9 cm³/mol. The molecule has 2 N–H and O–H groups in total. The zero-order valence-electron chi connectivity index (χ0n) is 10.5. The van der Waals surface area contributed by atoms with Crippen LogP contribution < -0.4 is 5.32 Å². The van der Waals surface area contributed by atoms with Gasteiger partial charge in [-0.25, -0.2) is 9.59 Å². The molecule has 1 fully saturated rings. The Hall–Kier alpha value is -1.70. The van der Waals surface area contributed by atoms with Gasteiger partial charge in [-0.3, -0.25) is 0 Å². The Morgan fingerprint density at radius 2 is 2.47 bits per heavy atom. The molecule has 0 bridgehead atoms. The molecule has 7 nitrogen and oxygen atoms in total. The van der Waals surface area contributed by atoms with Crippen molar-refractivity contribution < 1.29 is 19.2 Å². The lowest BCUT2D eigenvalue weighted by molar-refractivity contribution is -0.141. The molecule has 1 aromatic heterocycles. The smallest absolute Gasteiger partial charge is 0.327 e. The number of carboxylic acids is 1. The zero-order chi connectivity index (χ0) is 13.8. The number of aromatic nitrogens is 1. The molecular weight excluding hydrogens is 270 g/mol. The summed E-state index contributed by atoms with van der Waals surface area (Å²) in [7, 11) is 0. The van der Waals surface area contributed by atoms with E-state index in [0.29, 0.717) is 23.8 Å². The number of carbonyl (C=O) groups excluding carboxylic acids is 1. The van der Waals surface area contributed by atoms with E-state index in [1.165, 1.54) is 4.90 Å². The van der Waals surface area contributed by atoms with Crippen molar-refractivity contribution in [2.24, 2.45) is 0 Å². The first-order chi connectivity index (χ1) is 9.08. The van der Waals surface area contributed by atoms with Crippen LogP contribution in [0.3, 0.4) is 0 Å². The molecule has 1 aliphatic heterocycles. The van der Waals surface area contributed by atoms with Crippen LogP contribution >= 0.6 is 11.8 Å². The average Bonchev–Trinajstić information content (AvgIpc) is 2.81. The monoisotopic (exact) mass is 285 g/mol. The summed E-state index contributed by atoms with van der Waals surface area (Å²) in [4.78, 5) is 24.4. The maximum Gasteiger partial charge on any atom is 0.327 e. The minimum absolute atomic E-state index is 0.228. The molecule has 1 aliphatic rings. The fourth-order valence-electron chi connectivity index (χ4n) is 1.82. The van der Waals surface area contributed by atoms with E-state index in [4.69, 9.17) is 9.63 Å². The van der Waals surface area contributed by atoms with E-state index in [0.717, 1.165) is 5.75 Å². The normalized spacial score (nSPS) is 19.2. The highest BCUT2D eigenvalue weighted by Crippen LogP contribution is 2.16. The summed E-state index contributed by atoms with van der Waals surface area (Å²) in [6.45, 7) is 2.43. The van der Waals surface area contributed by atoms with Crippen LogP contribution in [0.5, 0.6) is 0 Å². The van der Waals surface area contributed by atoms with E-state index in [-0.39, 0.29) is 12.6 Å². The van der Waals surface area contributed by atoms with Crippen molar-refractivity contribution in [3.05, 3.63) is 17.5 Å². The summed E-state index contributed by atoms with van der Waals surface area (Å²) < 4.78 is 4.89. The molecule has 0 spiro atoms. The van der Waals surface area contributed by atoms with Gasteiger partial charge in [-0.2, -0.15) is 11.8 Å². The van der Waals surface area contributed by atoms with Crippen LogP contribution in [-0.4, -0.2) is 51.3 Å². The van der Waals surface area contributed by atoms with Crippen molar-refractivity contribution in [1.82, 2.24) is 15.4 Å². The van der Waals surface area contributed by atoms with E-state index in [1.807, 2.05) is 0 Å². The second-order valence-corrected chi connectivity index (χ2v) is 5.36. The summed E-state index contributed by atoms with van der Waals surface area (Å²) in [5.74, 6) is 0.869. The second kappa shape index (κ2) is 5.96. The van der Waals surface area contributed by atoms with Gasteiger partial charge in [-0.1, -0.05) is 5.16 Å². The number of carbonyl (C=O) groups is 2. The Bertz CT molecular complexity index is 476. The summed E-state index contributed by atoms with van der Waals surface area (Å²) in [5.41, 5.74) is 0.615. The third kappa shape index (κ3) is 3.40. The van der Waals surface area contributed by atoms with Crippen molar-refractivity contribution in [2.75, 3.05) is 18.1 Å². The fourth-order valence-corrected chi connectivity index (χ4v) is 2.86. The van der Waals surface area contributed by atoms with Crippen LogP contribution in [0.15, 0.2) is 10.6 Å². The standard InChI is InChI=1S/C11H15N3O4S/c1-7-4-8(13-18-7)5-12-11(17)14-2-3-19-6-9(14)10(15)16/h4,9H,2-3,5-6H2,1H3,(H,12,17)(H,15,16). The molecule has 2 heterocycles. The van der Waals surface area contributed by atoms with E-state index in [9.17, 15) is 9.59 Å². The largest absolute Gasteiger partial charge is 0.480 e. The number of urea groups is 1. The Morgan fingerprint density at radius 1 is 1.68 bits per heavy atom. The number of rotatable bonds is 3. The highest BCUT2D eigenvalue weighted by Gasteiger charge is 2.32. The van der Waals surface area contributed by atoms with Crippen molar-refractivity contribution in [3.63, 3.8) is 0 Å². The molecule has 19 heavy (non-hydrogen) atoms.